The number of benzene rings is 1. The van der Waals surface area contributed by atoms with E-state index in [1.807, 2.05) is 18.2 Å². The number of nitrogens with one attached hydrogen (secondary N) is 1. The van der Waals surface area contributed by atoms with Gasteiger partial charge in [-0.2, -0.15) is 0 Å². The van der Waals surface area contributed by atoms with Crippen LogP contribution >= 0.6 is 0 Å². The van der Waals surface area contributed by atoms with Gasteiger partial charge in [0.15, 0.2) is 0 Å². The Balaban J connectivity index is 1.74. The quantitative estimate of drug-likeness (QED) is 0.599. The maximum Gasteiger partial charge on any atom is 0.124 e. The molecule has 2 saturated heterocycles. The molecule has 1 atom stereocenters. The highest BCUT2D eigenvalue weighted by atomic mass is 16.5. The Morgan fingerprint density at radius 3 is 2.69 bits per heavy atom. The van der Waals surface area contributed by atoms with Gasteiger partial charge < -0.3 is 31.2 Å². The molecule has 156 valence electrons. The first-order valence-electron chi connectivity index (χ1n) is 10.6. The van der Waals surface area contributed by atoms with Gasteiger partial charge in [0.05, 0.1) is 0 Å². The van der Waals surface area contributed by atoms with E-state index in [1.165, 1.54) is 30.8 Å². The van der Waals surface area contributed by atoms with Crippen molar-refractivity contribution in [3.63, 3.8) is 0 Å². The average molecular weight is 397 g/mol. The lowest BCUT2D eigenvalue weighted by molar-refractivity contribution is 0.0842. The number of nitrogen functional groups attached to an aromatic ring is 1. The highest BCUT2D eigenvalue weighted by molar-refractivity contribution is 5.86. The molecule has 6 N–H and O–H groups in total. The van der Waals surface area contributed by atoms with Crippen molar-refractivity contribution in [1.29, 1.82) is 0 Å². The van der Waals surface area contributed by atoms with Crippen LogP contribution in [0.1, 0.15) is 60.4 Å². The third-order valence-electron chi connectivity index (χ3n) is 6.26. The SMILES string of the molecule is CC(CN1CCC1)c1c(C2CCOCC2)[nH]c(N)c1/C=C(\N)c1ccccc1O. The zero-order valence-electron chi connectivity index (χ0n) is 17.2. The molecule has 1 unspecified atom stereocenters. The number of phenols is 1. The van der Waals surface area contributed by atoms with E-state index in [0.29, 0.717) is 28.9 Å². The molecule has 29 heavy (non-hydrogen) atoms. The first kappa shape index (κ1) is 19.9. The monoisotopic (exact) mass is 396 g/mol. The zero-order chi connectivity index (χ0) is 20.4. The average Bonchev–Trinajstić information content (AvgIpc) is 3.02. The van der Waals surface area contributed by atoms with E-state index < -0.39 is 0 Å². The second-order valence-electron chi connectivity index (χ2n) is 8.34. The predicted molar refractivity (Wildman–Crippen MR) is 118 cm³/mol. The number of nitrogens with zero attached hydrogens (tertiary/aromatic N) is 1. The Hall–Kier alpha value is -2.44. The number of aromatic nitrogens is 1. The van der Waals surface area contributed by atoms with E-state index in [2.05, 4.69) is 16.8 Å². The number of likely N-dealkylation sites (tertiary alicyclic amines) is 1. The van der Waals surface area contributed by atoms with Gasteiger partial charge in [-0.1, -0.05) is 19.1 Å². The second-order valence-corrected chi connectivity index (χ2v) is 8.34. The lowest BCUT2D eigenvalue weighted by Crippen LogP contribution is -2.39. The van der Waals surface area contributed by atoms with Crippen LogP contribution in [0.5, 0.6) is 5.75 Å². The lowest BCUT2D eigenvalue weighted by Gasteiger charge is -2.34. The number of hydrogen-bond donors (Lipinski definition) is 4. The van der Waals surface area contributed by atoms with Gasteiger partial charge in [0.2, 0.25) is 0 Å². The van der Waals surface area contributed by atoms with Crippen LogP contribution in [-0.4, -0.2) is 47.8 Å². The Bertz CT molecular complexity index is 879. The standard InChI is InChI=1S/C23H32N4O2/c1-15(14-27-9-4-10-27)21-18(13-19(24)17-5-2-3-6-20(17)28)23(25)26-22(21)16-7-11-29-12-8-16/h2-3,5-6,13,15-16,26,28H,4,7-12,14,24-25H2,1H3/b19-13-. The molecule has 2 fully saturated rings. The van der Waals surface area contributed by atoms with Gasteiger partial charge in [-0.15, -0.1) is 0 Å². The first-order chi connectivity index (χ1) is 14.0. The number of aromatic hydroxyl groups is 1. The van der Waals surface area contributed by atoms with E-state index in [-0.39, 0.29) is 5.75 Å². The highest BCUT2D eigenvalue weighted by Crippen LogP contribution is 2.39. The fourth-order valence-electron chi connectivity index (χ4n) is 4.56. The van der Waals surface area contributed by atoms with Gasteiger partial charge in [0.25, 0.3) is 0 Å². The molecular weight excluding hydrogens is 364 g/mol. The number of rotatable bonds is 6. The first-order valence-corrected chi connectivity index (χ1v) is 10.6. The van der Waals surface area contributed by atoms with Crippen LogP contribution < -0.4 is 11.5 Å². The van der Waals surface area contributed by atoms with E-state index in [4.69, 9.17) is 16.2 Å². The molecule has 0 aliphatic carbocycles. The number of aromatic amines is 1. The minimum absolute atomic E-state index is 0.176. The van der Waals surface area contributed by atoms with Gasteiger partial charge >= 0.3 is 0 Å². The van der Waals surface area contributed by atoms with Crippen molar-refractivity contribution in [2.45, 2.75) is 38.0 Å². The molecule has 1 aromatic carbocycles. The third-order valence-corrected chi connectivity index (χ3v) is 6.26. The summed E-state index contributed by atoms with van der Waals surface area (Å²) in [7, 11) is 0. The van der Waals surface area contributed by atoms with E-state index in [9.17, 15) is 5.11 Å². The van der Waals surface area contributed by atoms with Crippen LogP contribution in [0, 0.1) is 0 Å². The van der Waals surface area contributed by atoms with Gasteiger partial charge in [-0.05, 0) is 62.0 Å². The molecule has 2 aromatic rings. The Kier molecular flexibility index (Phi) is 5.83. The van der Waals surface area contributed by atoms with Crippen molar-refractivity contribution in [3.05, 3.63) is 46.6 Å². The molecule has 3 heterocycles. The number of H-pyrrole nitrogens is 1. The van der Waals surface area contributed by atoms with Gasteiger partial charge in [-0.3, -0.25) is 0 Å². The number of para-hydroxylation sites is 1. The van der Waals surface area contributed by atoms with Gasteiger partial charge in [-0.25, -0.2) is 0 Å². The van der Waals surface area contributed by atoms with Crippen LogP contribution in [0.2, 0.25) is 0 Å². The van der Waals surface area contributed by atoms with Crippen molar-refractivity contribution in [2.75, 3.05) is 38.6 Å². The minimum atomic E-state index is 0.176. The van der Waals surface area contributed by atoms with E-state index in [0.717, 1.165) is 38.2 Å². The molecule has 6 nitrogen and oxygen atoms in total. The minimum Gasteiger partial charge on any atom is -0.507 e. The highest BCUT2D eigenvalue weighted by Gasteiger charge is 2.28. The van der Waals surface area contributed by atoms with Gasteiger partial charge in [0, 0.05) is 48.2 Å². The molecule has 0 saturated carbocycles. The van der Waals surface area contributed by atoms with Crippen molar-refractivity contribution in [2.24, 2.45) is 5.73 Å². The Morgan fingerprint density at radius 1 is 1.31 bits per heavy atom. The van der Waals surface area contributed by atoms with E-state index in [1.54, 1.807) is 12.1 Å². The summed E-state index contributed by atoms with van der Waals surface area (Å²) < 4.78 is 5.57. The summed E-state index contributed by atoms with van der Waals surface area (Å²) in [5.41, 5.74) is 17.5. The molecule has 2 aliphatic rings. The molecule has 2 aliphatic heterocycles. The van der Waals surface area contributed by atoms with Crippen molar-refractivity contribution >= 4 is 17.6 Å². The van der Waals surface area contributed by atoms with Crippen molar-refractivity contribution in [1.82, 2.24) is 9.88 Å². The number of anilines is 1. The van der Waals surface area contributed by atoms with Gasteiger partial charge in [0.1, 0.15) is 11.6 Å². The van der Waals surface area contributed by atoms with Crippen LogP contribution in [0.4, 0.5) is 5.82 Å². The summed E-state index contributed by atoms with van der Waals surface area (Å²) in [6.07, 6.45) is 5.20. The van der Waals surface area contributed by atoms with Crippen LogP contribution in [-0.2, 0) is 4.74 Å². The molecule has 0 bridgehead atoms. The molecule has 6 heteroatoms. The molecule has 0 spiro atoms. The summed E-state index contributed by atoms with van der Waals surface area (Å²) in [5.74, 6) is 1.59. The molecule has 0 radical (unpaired) electrons. The smallest absolute Gasteiger partial charge is 0.124 e. The molecular formula is C23H32N4O2. The number of nitrogens with two attached hydrogens (primary N) is 2. The molecule has 4 rings (SSSR count). The maximum atomic E-state index is 10.2. The van der Waals surface area contributed by atoms with Crippen LogP contribution in [0.15, 0.2) is 24.3 Å². The van der Waals surface area contributed by atoms with Crippen LogP contribution in [0.3, 0.4) is 0 Å². The number of ether oxygens (including phenoxy) is 1. The van der Waals surface area contributed by atoms with E-state index >= 15 is 0 Å². The summed E-state index contributed by atoms with van der Waals surface area (Å²) >= 11 is 0. The van der Waals surface area contributed by atoms with Crippen molar-refractivity contribution in [3.8, 4) is 5.75 Å². The fourth-order valence-corrected chi connectivity index (χ4v) is 4.56. The topological polar surface area (TPSA) is 101 Å². The van der Waals surface area contributed by atoms with Crippen molar-refractivity contribution < 1.29 is 9.84 Å². The normalized spacial score (nSPS) is 19.8. The predicted octanol–water partition coefficient (Wildman–Crippen LogP) is 3.46. The Morgan fingerprint density at radius 2 is 2.03 bits per heavy atom. The third kappa shape index (κ3) is 4.14. The van der Waals surface area contributed by atoms with Crippen LogP contribution in [0.25, 0.3) is 11.8 Å². The number of hydrogen-bond acceptors (Lipinski definition) is 5. The summed E-state index contributed by atoms with van der Waals surface area (Å²) in [5, 5.41) is 10.2. The lowest BCUT2D eigenvalue weighted by atomic mass is 9.86. The number of phenolic OH excluding ortho intramolecular Hbond substituents is 1. The zero-order valence-corrected chi connectivity index (χ0v) is 17.2. The summed E-state index contributed by atoms with van der Waals surface area (Å²) in [6.45, 7) is 7.20. The molecule has 1 aromatic heterocycles. The summed E-state index contributed by atoms with van der Waals surface area (Å²) in [6, 6.07) is 7.14. The largest absolute Gasteiger partial charge is 0.507 e. The second kappa shape index (κ2) is 8.51. The fraction of sp³-hybridized carbons (Fsp3) is 0.478. The molecule has 0 amide bonds. The maximum absolute atomic E-state index is 10.2. The Labute approximate surface area is 172 Å². The summed E-state index contributed by atoms with van der Waals surface area (Å²) in [4.78, 5) is 5.97.